The smallest absolute Gasteiger partial charge is 0.206 e. The molecule has 0 spiro atoms. The van der Waals surface area contributed by atoms with Gasteiger partial charge in [-0.2, -0.15) is 0 Å². The van der Waals surface area contributed by atoms with E-state index < -0.39 is 9.84 Å². The fourth-order valence-electron chi connectivity index (χ4n) is 5.74. The number of aryl methyl sites for hydroxylation is 1. The highest BCUT2D eigenvalue weighted by atomic mass is 32.2. The zero-order chi connectivity index (χ0) is 28.7. The molecule has 1 heterocycles. The largest absolute Gasteiger partial charge is 0.310 e. The van der Waals surface area contributed by atoms with Crippen LogP contribution in [0.4, 0.5) is 17.1 Å². The SMILES string of the molecule is Cc1cc(S(=O)(=O)c2ccccc2)ccc1-n1c2ccccc2c2cc(N(c3ccccc3)c3ccccc3)ccc21. The quantitative estimate of drug-likeness (QED) is 0.202. The average molecular weight is 565 g/mol. The first-order valence-electron chi connectivity index (χ1n) is 13.9. The third-order valence-corrected chi connectivity index (χ3v) is 9.48. The van der Waals surface area contributed by atoms with E-state index in [1.807, 2.05) is 37.3 Å². The molecular weight excluding hydrogens is 536 g/mol. The van der Waals surface area contributed by atoms with Crippen molar-refractivity contribution in [2.75, 3.05) is 4.90 Å². The maximum Gasteiger partial charge on any atom is 0.206 e. The van der Waals surface area contributed by atoms with Crippen molar-refractivity contribution in [3.8, 4) is 5.69 Å². The first-order chi connectivity index (χ1) is 20.5. The van der Waals surface area contributed by atoms with Gasteiger partial charge in [-0.25, -0.2) is 8.42 Å². The van der Waals surface area contributed by atoms with Gasteiger partial charge in [0.1, 0.15) is 0 Å². The fourth-order valence-corrected chi connectivity index (χ4v) is 7.11. The molecule has 0 aliphatic heterocycles. The third kappa shape index (κ3) is 4.35. The molecule has 0 aliphatic rings. The molecule has 7 aromatic rings. The van der Waals surface area contributed by atoms with Crippen molar-refractivity contribution in [2.45, 2.75) is 16.7 Å². The first kappa shape index (κ1) is 25.8. The van der Waals surface area contributed by atoms with E-state index in [2.05, 4.69) is 94.4 Å². The zero-order valence-electron chi connectivity index (χ0n) is 23.1. The minimum Gasteiger partial charge on any atom is -0.310 e. The van der Waals surface area contributed by atoms with Gasteiger partial charge in [0, 0.05) is 33.5 Å². The number of benzene rings is 6. The van der Waals surface area contributed by atoms with Gasteiger partial charge in [0.15, 0.2) is 0 Å². The summed E-state index contributed by atoms with van der Waals surface area (Å²) in [6, 6.07) is 49.7. The Balaban J connectivity index is 1.40. The molecule has 0 saturated heterocycles. The molecule has 0 unspecified atom stereocenters. The Morgan fingerprint density at radius 2 is 1.07 bits per heavy atom. The second-order valence-electron chi connectivity index (χ2n) is 10.3. The van der Waals surface area contributed by atoms with E-state index in [1.165, 1.54) is 0 Å². The number of sulfone groups is 1. The highest BCUT2D eigenvalue weighted by Gasteiger charge is 2.21. The zero-order valence-corrected chi connectivity index (χ0v) is 23.9. The molecule has 0 bridgehead atoms. The van der Waals surface area contributed by atoms with Crippen LogP contribution in [0.5, 0.6) is 0 Å². The Kier molecular flexibility index (Phi) is 6.37. The lowest BCUT2D eigenvalue weighted by atomic mass is 10.1. The summed E-state index contributed by atoms with van der Waals surface area (Å²) in [5, 5.41) is 2.26. The van der Waals surface area contributed by atoms with Gasteiger partial charge in [0.2, 0.25) is 9.84 Å². The number of hydrogen-bond acceptors (Lipinski definition) is 3. The topological polar surface area (TPSA) is 42.3 Å². The number of anilines is 3. The molecule has 0 saturated carbocycles. The Bertz CT molecular complexity index is 2120. The molecule has 1 aromatic heterocycles. The lowest BCUT2D eigenvalue weighted by molar-refractivity contribution is 0.596. The maximum absolute atomic E-state index is 13.3. The molecular formula is C37H28N2O2S. The van der Waals surface area contributed by atoms with E-state index in [0.29, 0.717) is 9.79 Å². The van der Waals surface area contributed by atoms with Crippen LogP contribution in [-0.2, 0) is 9.84 Å². The third-order valence-electron chi connectivity index (χ3n) is 7.72. The summed E-state index contributed by atoms with van der Waals surface area (Å²) in [5.74, 6) is 0. The second kappa shape index (κ2) is 10.4. The maximum atomic E-state index is 13.3. The van der Waals surface area contributed by atoms with Crippen molar-refractivity contribution in [1.82, 2.24) is 4.57 Å². The summed E-state index contributed by atoms with van der Waals surface area (Å²) in [6.45, 7) is 1.97. The second-order valence-corrected chi connectivity index (χ2v) is 12.3. The molecule has 0 N–H and O–H groups in total. The minimum absolute atomic E-state index is 0.291. The molecule has 6 aromatic carbocycles. The molecule has 4 nitrogen and oxygen atoms in total. The van der Waals surface area contributed by atoms with E-state index in [9.17, 15) is 8.42 Å². The van der Waals surface area contributed by atoms with Crippen LogP contribution in [0.1, 0.15) is 5.56 Å². The van der Waals surface area contributed by atoms with Gasteiger partial charge in [-0.15, -0.1) is 0 Å². The van der Waals surface area contributed by atoms with E-state index in [0.717, 1.165) is 50.1 Å². The van der Waals surface area contributed by atoms with Gasteiger partial charge in [0.25, 0.3) is 0 Å². The van der Waals surface area contributed by atoms with Gasteiger partial charge in [-0.3, -0.25) is 0 Å². The Morgan fingerprint density at radius 1 is 0.500 bits per heavy atom. The number of para-hydroxylation sites is 3. The van der Waals surface area contributed by atoms with Crippen molar-refractivity contribution in [1.29, 1.82) is 0 Å². The van der Waals surface area contributed by atoms with Crippen LogP contribution in [0.15, 0.2) is 161 Å². The molecule has 0 fully saturated rings. The van der Waals surface area contributed by atoms with Crippen molar-refractivity contribution in [3.63, 3.8) is 0 Å². The van der Waals surface area contributed by atoms with Crippen molar-refractivity contribution >= 4 is 48.7 Å². The van der Waals surface area contributed by atoms with Crippen molar-refractivity contribution in [2.24, 2.45) is 0 Å². The molecule has 7 rings (SSSR count). The summed E-state index contributed by atoms with van der Waals surface area (Å²) in [5.41, 5.74) is 7.18. The fraction of sp³-hybridized carbons (Fsp3) is 0.0270. The van der Waals surface area contributed by atoms with Gasteiger partial charge in [-0.05, 0) is 91.3 Å². The number of aromatic nitrogens is 1. The monoisotopic (exact) mass is 564 g/mol. The summed E-state index contributed by atoms with van der Waals surface area (Å²) >= 11 is 0. The van der Waals surface area contributed by atoms with Gasteiger partial charge in [-0.1, -0.05) is 72.8 Å². The standard InChI is InChI=1S/C37H28N2O2S/c1-27-25-32(42(40,41)31-17-9-4-10-18-31)22-24-35(27)39-36-20-12-11-19-33(36)34-26-30(21-23-37(34)39)38(28-13-5-2-6-14-28)29-15-7-3-8-16-29/h2-26H,1H3. The van der Waals surface area contributed by atoms with Crippen LogP contribution >= 0.6 is 0 Å². The summed E-state index contributed by atoms with van der Waals surface area (Å²) in [6.07, 6.45) is 0. The Hall–Kier alpha value is -5.13. The van der Waals surface area contributed by atoms with Gasteiger partial charge >= 0.3 is 0 Å². The molecule has 204 valence electrons. The van der Waals surface area contributed by atoms with Crippen molar-refractivity contribution in [3.05, 3.63) is 157 Å². The average Bonchev–Trinajstić information content (AvgIpc) is 3.36. The van der Waals surface area contributed by atoms with Crippen LogP contribution in [0, 0.1) is 6.92 Å². The predicted molar refractivity (Wildman–Crippen MR) is 172 cm³/mol. The lowest BCUT2D eigenvalue weighted by Gasteiger charge is -2.25. The van der Waals surface area contributed by atoms with Crippen molar-refractivity contribution < 1.29 is 8.42 Å². The Morgan fingerprint density at radius 3 is 1.71 bits per heavy atom. The van der Waals surface area contributed by atoms with E-state index in [4.69, 9.17) is 0 Å². The molecule has 0 radical (unpaired) electrons. The van der Waals surface area contributed by atoms with E-state index in [-0.39, 0.29) is 0 Å². The minimum atomic E-state index is -3.61. The van der Waals surface area contributed by atoms with E-state index >= 15 is 0 Å². The predicted octanol–water partition coefficient (Wildman–Crippen LogP) is 9.39. The summed E-state index contributed by atoms with van der Waals surface area (Å²) < 4.78 is 28.9. The number of hydrogen-bond donors (Lipinski definition) is 0. The molecule has 0 amide bonds. The first-order valence-corrected chi connectivity index (χ1v) is 15.4. The van der Waals surface area contributed by atoms with Crippen LogP contribution in [0.3, 0.4) is 0 Å². The summed E-state index contributed by atoms with van der Waals surface area (Å²) in [4.78, 5) is 2.85. The summed E-state index contributed by atoms with van der Waals surface area (Å²) in [7, 11) is -3.61. The molecule has 5 heteroatoms. The number of rotatable bonds is 6. The Labute approximate surface area is 245 Å². The normalized spacial score (nSPS) is 11.6. The van der Waals surface area contributed by atoms with E-state index in [1.54, 1.807) is 36.4 Å². The number of nitrogens with zero attached hydrogens (tertiary/aromatic N) is 2. The molecule has 0 atom stereocenters. The lowest BCUT2D eigenvalue weighted by Crippen LogP contribution is -2.09. The highest BCUT2D eigenvalue weighted by molar-refractivity contribution is 7.91. The number of fused-ring (bicyclic) bond motifs is 3. The van der Waals surface area contributed by atoms with Crippen LogP contribution < -0.4 is 4.90 Å². The van der Waals surface area contributed by atoms with Gasteiger partial charge in [0.05, 0.1) is 20.8 Å². The van der Waals surface area contributed by atoms with Crippen LogP contribution in [0.2, 0.25) is 0 Å². The van der Waals surface area contributed by atoms with Crippen LogP contribution in [-0.4, -0.2) is 13.0 Å². The van der Waals surface area contributed by atoms with Crippen LogP contribution in [0.25, 0.3) is 27.5 Å². The molecule has 42 heavy (non-hydrogen) atoms. The van der Waals surface area contributed by atoms with Gasteiger partial charge < -0.3 is 9.47 Å². The molecule has 0 aliphatic carbocycles. The highest BCUT2D eigenvalue weighted by Crippen LogP contribution is 2.40.